The van der Waals surface area contributed by atoms with E-state index in [1.54, 1.807) is 18.2 Å². The number of rotatable bonds is 3. The fourth-order valence-corrected chi connectivity index (χ4v) is 5.68. The van der Waals surface area contributed by atoms with Gasteiger partial charge in [0.15, 0.2) is 0 Å². The van der Waals surface area contributed by atoms with Gasteiger partial charge >= 0.3 is 0 Å². The van der Waals surface area contributed by atoms with Gasteiger partial charge in [-0.3, -0.25) is 9.69 Å². The van der Waals surface area contributed by atoms with Crippen LogP contribution in [-0.4, -0.2) is 48.1 Å². The lowest BCUT2D eigenvalue weighted by molar-refractivity contribution is 0.0857. The van der Waals surface area contributed by atoms with Gasteiger partial charge in [-0.15, -0.1) is 0 Å². The lowest BCUT2D eigenvalue weighted by atomic mass is 10.0. The highest BCUT2D eigenvalue weighted by Gasteiger charge is 2.40. The Labute approximate surface area is 157 Å². The fourth-order valence-electron chi connectivity index (χ4n) is 4.12. The molecule has 0 radical (unpaired) electrons. The van der Waals surface area contributed by atoms with Crippen molar-refractivity contribution in [2.24, 2.45) is 0 Å². The van der Waals surface area contributed by atoms with Gasteiger partial charge in [-0.05, 0) is 30.2 Å². The van der Waals surface area contributed by atoms with Crippen LogP contribution in [0.15, 0.2) is 53.4 Å². The van der Waals surface area contributed by atoms with Crippen LogP contribution in [0.1, 0.15) is 21.6 Å². The summed E-state index contributed by atoms with van der Waals surface area (Å²) < 4.78 is 26.3. The van der Waals surface area contributed by atoms with E-state index >= 15 is 0 Å². The first-order valence-electron chi connectivity index (χ1n) is 9.02. The molecule has 138 valence electrons. The molecular weight excluding hydrogens is 362 g/mol. The molecule has 0 fully saturated rings. The molecule has 0 saturated heterocycles. The number of sulfonamides is 1. The van der Waals surface area contributed by atoms with Gasteiger partial charge in [-0.2, -0.15) is 0 Å². The predicted molar refractivity (Wildman–Crippen MR) is 102 cm³/mol. The van der Waals surface area contributed by atoms with E-state index in [0.717, 1.165) is 29.3 Å². The first-order valence-corrected chi connectivity index (χ1v) is 10.5. The van der Waals surface area contributed by atoms with E-state index in [-0.39, 0.29) is 17.0 Å². The second kappa shape index (κ2) is 5.94. The zero-order chi connectivity index (χ0) is 18.6. The van der Waals surface area contributed by atoms with Crippen molar-refractivity contribution in [1.29, 1.82) is 0 Å². The van der Waals surface area contributed by atoms with Gasteiger partial charge < -0.3 is 4.98 Å². The number of fused-ring (bicyclic) bond motifs is 4. The van der Waals surface area contributed by atoms with E-state index in [9.17, 15) is 13.2 Å². The highest BCUT2D eigenvalue weighted by Crippen LogP contribution is 2.30. The lowest BCUT2D eigenvalue weighted by Crippen LogP contribution is -2.40. The molecule has 0 atom stereocenters. The Kier molecular flexibility index (Phi) is 3.63. The largest absolute Gasteiger partial charge is 0.357 e. The summed E-state index contributed by atoms with van der Waals surface area (Å²) in [5.74, 6) is -0.422. The number of benzene rings is 2. The fraction of sp³-hybridized carbons (Fsp3) is 0.250. The van der Waals surface area contributed by atoms with Crippen molar-refractivity contribution >= 4 is 26.8 Å². The van der Waals surface area contributed by atoms with Crippen LogP contribution in [-0.2, 0) is 23.0 Å². The zero-order valence-electron chi connectivity index (χ0n) is 14.7. The van der Waals surface area contributed by atoms with Gasteiger partial charge in [0.2, 0.25) is 0 Å². The summed E-state index contributed by atoms with van der Waals surface area (Å²) in [6.45, 7) is 2.28. The van der Waals surface area contributed by atoms with Gasteiger partial charge in [0.05, 0.1) is 12.1 Å². The second-order valence-corrected chi connectivity index (χ2v) is 8.86. The molecule has 0 bridgehead atoms. The molecule has 6 nitrogen and oxygen atoms in total. The molecule has 0 unspecified atom stereocenters. The summed E-state index contributed by atoms with van der Waals surface area (Å²) >= 11 is 0. The quantitative estimate of drug-likeness (QED) is 0.756. The molecule has 0 spiro atoms. The van der Waals surface area contributed by atoms with E-state index in [1.165, 1.54) is 22.7 Å². The van der Waals surface area contributed by atoms with Crippen LogP contribution >= 0.6 is 0 Å². The summed E-state index contributed by atoms with van der Waals surface area (Å²) in [7, 11) is -3.73. The first-order chi connectivity index (χ1) is 13.1. The number of aromatic nitrogens is 1. The number of hydrogen-bond acceptors (Lipinski definition) is 4. The number of hydrogen-bond donors (Lipinski definition) is 1. The van der Waals surface area contributed by atoms with Gasteiger partial charge in [0, 0.05) is 36.2 Å². The molecule has 0 aliphatic carbocycles. The molecule has 7 heteroatoms. The van der Waals surface area contributed by atoms with Crippen LogP contribution in [0.2, 0.25) is 0 Å². The van der Waals surface area contributed by atoms with Crippen LogP contribution in [0, 0.1) is 0 Å². The lowest BCUT2D eigenvalue weighted by Gasteiger charge is -2.28. The normalized spacial score (nSPS) is 18.7. The smallest absolute Gasteiger partial charge is 0.269 e. The van der Waals surface area contributed by atoms with Crippen molar-refractivity contribution in [2.75, 3.05) is 19.6 Å². The third-order valence-corrected chi connectivity index (χ3v) is 7.33. The molecule has 0 saturated carbocycles. The molecule has 5 rings (SSSR count). The van der Waals surface area contributed by atoms with Gasteiger partial charge in [0.1, 0.15) is 4.90 Å². The standard InChI is InChI=1S/C20H19N3O3S/c24-20-16-6-2-4-8-19(16)27(25,26)23(20)12-11-22-10-9-15-14-5-1-3-7-17(14)21-18(15)13-22/h1-8,21H,9-13H2. The van der Waals surface area contributed by atoms with E-state index in [4.69, 9.17) is 0 Å². The van der Waals surface area contributed by atoms with Gasteiger partial charge in [-0.1, -0.05) is 30.3 Å². The van der Waals surface area contributed by atoms with E-state index in [2.05, 4.69) is 22.0 Å². The average Bonchev–Trinajstić information content (AvgIpc) is 3.13. The number of amides is 1. The molecule has 1 N–H and O–H groups in total. The minimum Gasteiger partial charge on any atom is -0.357 e. The molecule has 2 aliphatic rings. The summed E-state index contributed by atoms with van der Waals surface area (Å²) in [4.78, 5) is 18.3. The third kappa shape index (κ3) is 2.49. The van der Waals surface area contributed by atoms with Crippen molar-refractivity contribution < 1.29 is 13.2 Å². The summed E-state index contributed by atoms with van der Waals surface area (Å²) in [5.41, 5.74) is 3.94. The first kappa shape index (κ1) is 16.5. The molecular formula is C20H19N3O3S. The van der Waals surface area contributed by atoms with Crippen LogP contribution in [0.4, 0.5) is 0 Å². The summed E-state index contributed by atoms with van der Waals surface area (Å²) in [6, 6.07) is 14.7. The maximum absolute atomic E-state index is 12.7. The van der Waals surface area contributed by atoms with E-state index in [0.29, 0.717) is 6.54 Å². The Morgan fingerprint density at radius 1 is 1.00 bits per heavy atom. The van der Waals surface area contributed by atoms with Crippen LogP contribution in [0.5, 0.6) is 0 Å². The molecule has 2 aromatic carbocycles. The minimum absolute atomic E-state index is 0.117. The van der Waals surface area contributed by atoms with Gasteiger partial charge in [-0.25, -0.2) is 12.7 Å². The molecule has 1 aromatic heterocycles. The van der Waals surface area contributed by atoms with Crippen molar-refractivity contribution in [3.8, 4) is 0 Å². The van der Waals surface area contributed by atoms with E-state index in [1.807, 2.05) is 12.1 Å². The highest BCUT2D eigenvalue weighted by atomic mass is 32.2. The number of carbonyl (C=O) groups excluding carboxylic acids is 1. The maximum Gasteiger partial charge on any atom is 0.269 e. The Morgan fingerprint density at radius 3 is 2.63 bits per heavy atom. The Hall–Kier alpha value is -2.64. The van der Waals surface area contributed by atoms with Crippen LogP contribution in [0.3, 0.4) is 0 Å². The second-order valence-electron chi connectivity index (χ2n) is 7.03. The van der Waals surface area contributed by atoms with Crippen molar-refractivity contribution in [1.82, 2.24) is 14.2 Å². The van der Waals surface area contributed by atoms with E-state index < -0.39 is 15.9 Å². The van der Waals surface area contributed by atoms with Crippen LogP contribution in [0.25, 0.3) is 10.9 Å². The zero-order valence-corrected chi connectivity index (χ0v) is 15.5. The number of aromatic amines is 1. The number of carbonyl (C=O) groups is 1. The number of H-pyrrole nitrogens is 1. The summed E-state index contributed by atoms with van der Waals surface area (Å²) in [6.07, 6.45) is 0.917. The number of nitrogens with zero attached hydrogens (tertiary/aromatic N) is 2. The highest BCUT2D eigenvalue weighted by molar-refractivity contribution is 7.90. The average molecular weight is 381 g/mol. The number of para-hydroxylation sites is 1. The topological polar surface area (TPSA) is 73.5 Å². The SMILES string of the molecule is O=C1c2ccccc2S(=O)(=O)N1CCN1CCc2c([nH]c3ccccc23)C1. The number of nitrogens with one attached hydrogen (secondary N) is 1. The monoisotopic (exact) mass is 381 g/mol. The molecule has 3 heterocycles. The van der Waals surface area contributed by atoms with Crippen LogP contribution < -0.4 is 0 Å². The Balaban J connectivity index is 1.34. The summed E-state index contributed by atoms with van der Waals surface area (Å²) in [5, 5.41) is 1.26. The van der Waals surface area contributed by atoms with Crippen molar-refractivity contribution in [3.05, 3.63) is 65.4 Å². The van der Waals surface area contributed by atoms with Crippen molar-refractivity contribution in [3.63, 3.8) is 0 Å². The van der Waals surface area contributed by atoms with Gasteiger partial charge in [0.25, 0.3) is 15.9 Å². The Morgan fingerprint density at radius 2 is 1.78 bits per heavy atom. The Bertz CT molecular complexity index is 1170. The molecule has 2 aliphatic heterocycles. The molecule has 27 heavy (non-hydrogen) atoms. The molecule has 3 aromatic rings. The van der Waals surface area contributed by atoms with Crippen molar-refractivity contribution in [2.45, 2.75) is 17.9 Å². The molecule has 1 amide bonds. The third-order valence-electron chi connectivity index (χ3n) is 5.49. The predicted octanol–water partition coefficient (Wildman–Crippen LogP) is 2.37. The minimum atomic E-state index is -3.73. The maximum atomic E-state index is 12.7.